The molecule has 5 heteroatoms. The summed E-state index contributed by atoms with van der Waals surface area (Å²) in [5.74, 6) is 0.765. The second-order valence-electron chi connectivity index (χ2n) is 5.55. The normalized spacial score (nSPS) is 22.3. The van der Waals surface area contributed by atoms with Crippen LogP contribution in [0.15, 0.2) is 58.3 Å². The molecule has 0 saturated carbocycles. The van der Waals surface area contributed by atoms with Crippen molar-refractivity contribution in [3.63, 3.8) is 0 Å². The number of nitrogens with one attached hydrogen (secondary N) is 2. The first-order valence-electron chi connectivity index (χ1n) is 7.32. The van der Waals surface area contributed by atoms with Gasteiger partial charge < -0.3 is 4.98 Å². The molecular formula is C17H18N4O. The van der Waals surface area contributed by atoms with Gasteiger partial charge in [-0.15, -0.1) is 0 Å². The van der Waals surface area contributed by atoms with Crippen molar-refractivity contribution < 1.29 is 1.43 Å². The van der Waals surface area contributed by atoms with Gasteiger partial charge in [-0.1, -0.05) is 36.4 Å². The van der Waals surface area contributed by atoms with Gasteiger partial charge in [0.2, 0.25) is 0 Å². The Labute approximate surface area is 129 Å². The van der Waals surface area contributed by atoms with Gasteiger partial charge in [-0.3, -0.25) is 14.8 Å². The van der Waals surface area contributed by atoms with Crippen LogP contribution >= 0.6 is 0 Å². The largest absolute Gasteiger partial charge is 0.307 e. The Morgan fingerprint density at radius 3 is 2.86 bits per heavy atom. The van der Waals surface area contributed by atoms with E-state index in [9.17, 15) is 4.79 Å². The Bertz CT molecular complexity index is 828. The van der Waals surface area contributed by atoms with E-state index >= 15 is 0 Å². The van der Waals surface area contributed by atoms with Crippen molar-refractivity contribution >= 4 is 12.0 Å². The quantitative estimate of drug-likeness (QED) is 0.794. The van der Waals surface area contributed by atoms with Crippen LogP contribution in [-0.2, 0) is 0 Å². The average Bonchev–Trinajstić information content (AvgIpc) is 2.55. The number of rotatable bonds is 1. The summed E-state index contributed by atoms with van der Waals surface area (Å²) in [6.45, 7) is 2.06. The number of pyridine rings is 1. The molecule has 0 radical (unpaired) electrons. The van der Waals surface area contributed by atoms with Gasteiger partial charge in [0.1, 0.15) is 5.82 Å². The smallest absolute Gasteiger partial charge is 0.257 e. The lowest BCUT2D eigenvalue weighted by Crippen LogP contribution is -2.53. The molecule has 1 aromatic heterocycles. The van der Waals surface area contributed by atoms with Gasteiger partial charge in [0.15, 0.2) is 6.17 Å². The van der Waals surface area contributed by atoms with Gasteiger partial charge in [-0.2, -0.15) is 0 Å². The lowest BCUT2D eigenvalue weighted by atomic mass is 10.0. The molecule has 2 aliphatic heterocycles. The van der Waals surface area contributed by atoms with Crippen LogP contribution in [0.25, 0.3) is 11.1 Å². The van der Waals surface area contributed by atoms with Crippen LogP contribution in [0.4, 0.5) is 5.82 Å². The molecule has 2 aromatic rings. The highest BCUT2D eigenvalue weighted by molar-refractivity contribution is 5.90. The SMILES string of the molecule is CC1C=CC2N=Cc3cc(-c4ccccc4)c(=O)[nH]c3N2N1.[HH]. The number of hydrogen-bond acceptors (Lipinski definition) is 4. The minimum absolute atomic E-state index is 0. The number of H-pyrrole nitrogens is 1. The lowest BCUT2D eigenvalue weighted by molar-refractivity contribution is 0.509. The topological polar surface area (TPSA) is 60.5 Å². The second-order valence-corrected chi connectivity index (χ2v) is 5.55. The fourth-order valence-corrected chi connectivity index (χ4v) is 2.83. The van der Waals surface area contributed by atoms with Crippen molar-refractivity contribution in [2.45, 2.75) is 19.1 Å². The zero-order valence-electron chi connectivity index (χ0n) is 12.2. The van der Waals surface area contributed by atoms with Crippen molar-refractivity contribution in [2.75, 3.05) is 5.01 Å². The highest BCUT2D eigenvalue weighted by atomic mass is 16.1. The molecule has 2 unspecified atom stereocenters. The first kappa shape index (κ1) is 13.0. The number of benzene rings is 1. The van der Waals surface area contributed by atoms with Crippen LogP contribution < -0.4 is 16.0 Å². The molecule has 0 spiro atoms. The molecule has 1 aromatic carbocycles. The maximum atomic E-state index is 12.5. The van der Waals surface area contributed by atoms with Crippen LogP contribution in [0.3, 0.4) is 0 Å². The van der Waals surface area contributed by atoms with Crippen LogP contribution in [-0.4, -0.2) is 23.4 Å². The monoisotopic (exact) mass is 294 g/mol. The van der Waals surface area contributed by atoms with E-state index in [0.717, 1.165) is 16.9 Å². The lowest BCUT2D eigenvalue weighted by Gasteiger charge is -2.37. The first-order chi connectivity index (χ1) is 10.7. The molecule has 2 N–H and O–H groups in total. The van der Waals surface area contributed by atoms with E-state index in [1.165, 1.54) is 0 Å². The average molecular weight is 294 g/mol. The van der Waals surface area contributed by atoms with Crippen LogP contribution in [0.5, 0.6) is 0 Å². The molecule has 22 heavy (non-hydrogen) atoms. The third kappa shape index (κ3) is 2.07. The molecule has 0 fully saturated rings. The maximum Gasteiger partial charge on any atom is 0.257 e. The fourth-order valence-electron chi connectivity index (χ4n) is 2.83. The fraction of sp³-hybridized carbons (Fsp3) is 0.176. The molecule has 112 valence electrons. The number of hydrogen-bond donors (Lipinski definition) is 2. The van der Waals surface area contributed by atoms with Crippen molar-refractivity contribution in [3.8, 4) is 11.1 Å². The number of nitrogens with zero attached hydrogens (tertiary/aromatic N) is 2. The molecule has 3 heterocycles. The summed E-state index contributed by atoms with van der Waals surface area (Å²) in [5, 5.41) is 1.91. The van der Waals surface area contributed by atoms with E-state index in [4.69, 9.17) is 0 Å². The molecule has 5 nitrogen and oxygen atoms in total. The van der Waals surface area contributed by atoms with E-state index in [2.05, 4.69) is 28.4 Å². The van der Waals surface area contributed by atoms with Crippen molar-refractivity contribution in [1.29, 1.82) is 0 Å². The van der Waals surface area contributed by atoms with Crippen LogP contribution in [0.2, 0.25) is 0 Å². The Morgan fingerprint density at radius 2 is 2.05 bits per heavy atom. The summed E-state index contributed by atoms with van der Waals surface area (Å²) >= 11 is 0. The molecule has 0 saturated heterocycles. The van der Waals surface area contributed by atoms with Gasteiger partial charge in [0, 0.05) is 24.8 Å². The molecule has 4 rings (SSSR count). The van der Waals surface area contributed by atoms with Crippen molar-refractivity contribution in [1.82, 2.24) is 10.4 Å². The minimum Gasteiger partial charge on any atom is -0.307 e. The van der Waals surface area contributed by atoms with Crippen molar-refractivity contribution in [2.24, 2.45) is 4.99 Å². The van der Waals surface area contributed by atoms with Gasteiger partial charge in [-0.25, -0.2) is 5.43 Å². The van der Waals surface area contributed by atoms with E-state index in [-0.39, 0.29) is 19.2 Å². The molecule has 2 atom stereocenters. The van der Waals surface area contributed by atoms with Gasteiger partial charge >= 0.3 is 0 Å². The number of aliphatic imine (C=N–C) groups is 1. The molecule has 0 aliphatic carbocycles. The summed E-state index contributed by atoms with van der Waals surface area (Å²) in [6.07, 6.45) is 5.81. The van der Waals surface area contributed by atoms with Crippen LogP contribution in [0, 0.1) is 0 Å². The number of anilines is 1. The number of hydrazine groups is 1. The zero-order valence-corrected chi connectivity index (χ0v) is 12.2. The Kier molecular flexibility index (Phi) is 2.94. The van der Waals surface area contributed by atoms with Gasteiger partial charge in [-0.05, 0) is 24.6 Å². The maximum absolute atomic E-state index is 12.5. The first-order valence-corrected chi connectivity index (χ1v) is 7.32. The van der Waals surface area contributed by atoms with Gasteiger partial charge in [0.05, 0.1) is 0 Å². The van der Waals surface area contributed by atoms with E-state index < -0.39 is 0 Å². The predicted octanol–water partition coefficient (Wildman–Crippen LogP) is 2.32. The van der Waals surface area contributed by atoms with Crippen LogP contribution in [0.1, 0.15) is 13.9 Å². The third-order valence-electron chi connectivity index (χ3n) is 3.92. The van der Waals surface area contributed by atoms with E-state index in [1.54, 1.807) is 0 Å². The Morgan fingerprint density at radius 1 is 1.23 bits per heavy atom. The highest BCUT2D eigenvalue weighted by Gasteiger charge is 2.27. The zero-order chi connectivity index (χ0) is 15.1. The molecular weight excluding hydrogens is 276 g/mol. The van der Waals surface area contributed by atoms with Crippen molar-refractivity contribution in [3.05, 3.63) is 64.5 Å². The highest BCUT2D eigenvalue weighted by Crippen LogP contribution is 2.26. The van der Waals surface area contributed by atoms with E-state index in [0.29, 0.717) is 5.56 Å². The third-order valence-corrected chi connectivity index (χ3v) is 3.92. The summed E-state index contributed by atoms with van der Waals surface area (Å²) < 4.78 is 0. The number of aromatic amines is 1. The Hall–Kier alpha value is -2.66. The van der Waals surface area contributed by atoms with E-state index in [1.807, 2.05) is 53.7 Å². The standard InChI is InChI=1S/C17H16N4O.H2/c1-11-7-8-15-18-10-13-9-14(12-5-3-2-4-6-12)17(22)19-16(13)21(15)20-11;/h2-11,15,20H,1H3,(H,19,22);1H. The summed E-state index contributed by atoms with van der Waals surface area (Å²) in [5.41, 5.74) is 5.70. The summed E-state index contributed by atoms with van der Waals surface area (Å²) in [4.78, 5) is 20.0. The number of aromatic nitrogens is 1. The van der Waals surface area contributed by atoms with Gasteiger partial charge in [0.25, 0.3) is 5.56 Å². The molecule has 0 amide bonds. The predicted molar refractivity (Wildman–Crippen MR) is 90.2 cm³/mol. The summed E-state index contributed by atoms with van der Waals surface area (Å²) in [6, 6.07) is 11.8. The molecule has 2 aliphatic rings. The molecule has 0 bridgehead atoms. The Balaban J connectivity index is 0.00000156. The minimum atomic E-state index is -0.109. The summed E-state index contributed by atoms with van der Waals surface area (Å²) in [7, 11) is 0. The second kappa shape index (κ2) is 4.96. The number of fused-ring (bicyclic) bond motifs is 3.